The lowest BCUT2D eigenvalue weighted by Crippen LogP contribution is -2.51. The highest BCUT2D eigenvalue weighted by atomic mass is 32.2. The molecule has 0 unspecified atom stereocenters. The SMILES string of the molecule is CCOC(=O)N1CCN(C(=O)Cn2cnc3sc(C)c(S(=O)(=O)N4C[C@H](C)C[C@H](C)C4)c3c2=O)CC1. The van der Waals surface area contributed by atoms with Gasteiger partial charge in [0.05, 0.1) is 18.3 Å². The summed E-state index contributed by atoms with van der Waals surface area (Å²) in [5, 5.41) is 0.0470. The van der Waals surface area contributed by atoms with Crippen molar-refractivity contribution in [3.05, 3.63) is 21.6 Å². The summed E-state index contributed by atoms with van der Waals surface area (Å²) < 4.78 is 35.0. The van der Waals surface area contributed by atoms with E-state index in [-0.39, 0.29) is 41.2 Å². The first-order chi connectivity index (χ1) is 17.0. The Morgan fingerprint density at radius 2 is 1.72 bits per heavy atom. The van der Waals surface area contributed by atoms with E-state index in [1.165, 1.54) is 26.5 Å². The third kappa shape index (κ3) is 5.14. The lowest BCUT2D eigenvalue weighted by atomic mass is 9.94. The van der Waals surface area contributed by atoms with Crippen molar-refractivity contribution in [3.63, 3.8) is 0 Å². The van der Waals surface area contributed by atoms with Crippen LogP contribution in [0.2, 0.25) is 0 Å². The molecule has 0 aliphatic carbocycles. The van der Waals surface area contributed by atoms with Crippen LogP contribution in [0.25, 0.3) is 10.2 Å². The van der Waals surface area contributed by atoms with Crippen LogP contribution in [-0.2, 0) is 26.1 Å². The molecule has 36 heavy (non-hydrogen) atoms. The third-order valence-corrected chi connectivity index (χ3v) is 9.84. The number of hydrogen-bond donors (Lipinski definition) is 0. The fourth-order valence-corrected chi connectivity index (χ4v) is 8.41. The zero-order valence-corrected chi connectivity index (χ0v) is 22.7. The van der Waals surface area contributed by atoms with E-state index in [2.05, 4.69) is 4.98 Å². The monoisotopic (exact) mass is 539 g/mol. The Kier molecular flexibility index (Phi) is 7.72. The molecule has 0 radical (unpaired) electrons. The number of carbonyl (C=O) groups is 2. The molecule has 0 spiro atoms. The normalized spacial score (nSPS) is 21.7. The fraction of sp³-hybridized carbons (Fsp3) is 0.652. The Labute approximate surface area is 214 Å². The Hall–Kier alpha value is -2.51. The largest absolute Gasteiger partial charge is 0.450 e. The highest BCUT2D eigenvalue weighted by Gasteiger charge is 2.36. The van der Waals surface area contributed by atoms with Crippen LogP contribution in [0.4, 0.5) is 4.79 Å². The second-order valence-corrected chi connectivity index (χ2v) is 12.8. The maximum atomic E-state index is 13.7. The number of carbonyl (C=O) groups excluding carboxylic acids is 2. The van der Waals surface area contributed by atoms with Crippen LogP contribution < -0.4 is 5.56 Å². The molecule has 13 heteroatoms. The van der Waals surface area contributed by atoms with Crippen LogP contribution in [0.5, 0.6) is 0 Å². The molecule has 0 saturated carbocycles. The lowest BCUT2D eigenvalue weighted by molar-refractivity contribution is -0.133. The van der Waals surface area contributed by atoms with Crippen LogP contribution in [0.1, 0.15) is 32.1 Å². The second kappa shape index (κ2) is 10.5. The van der Waals surface area contributed by atoms with Crippen molar-refractivity contribution in [1.82, 2.24) is 23.7 Å². The molecule has 2 fully saturated rings. The number of rotatable bonds is 5. The van der Waals surface area contributed by atoms with Gasteiger partial charge in [-0.05, 0) is 32.1 Å². The Bertz CT molecular complexity index is 1300. The van der Waals surface area contributed by atoms with E-state index in [0.29, 0.717) is 49.0 Å². The summed E-state index contributed by atoms with van der Waals surface area (Å²) in [5.41, 5.74) is -0.542. The van der Waals surface area contributed by atoms with E-state index in [1.54, 1.807) is 23.6 Å². The molecule has 2 aromatic rings. The van der Waals surface area contributed by atoms with Gasteiger partial charge in [0.1, 0.15) is 16.3 Å². The van der Waals surface area contributed by atoms with E-state index in [0.717, 1.165) is 6.42 Å². The molecule has 0 N–H and O–H groups in total. The summed E-state index contributed by atoms with van der Waals surface area (Å²) >= 11 is 1.17. The Balaban J connectivity index is 1.58. The third-order valence-electron chi connectivity index (χ3n) is 6.70. The molecule has 2 atom stereocenters. The zero-order valence-electron chi connectivity index (χ0n) is 21.1. The molecular formula is C23H33N5O6S2. The Morgan fingerprint density at radius 3 is 2.33 bits per heavy atom. The van der Waals surface area contributed by atoms with E-state index < -0.39 is 21.7 Å². The molecule has 2 aliphatic heterocycles. The van der Waals surface area contributed by atoms with Crippen molar-refractivity contribution in [3.8, 4) is 0 Å². The van der Waals surface area contributed by atoms with Crippen LogP contribution in [0, 0.1) is 18.8 Å². The minimum absolute atomic E-state index is 0.00569. The number of nitrogens with zero attached hydrogens (tertiary/aromatic N) is 5. The van der Waals surface area contributed by atoms with Crippen molar-refractivity contribution in [2.45, 2.75) is 45.6 Å². The first-order valence-corrected chi connectivity index (χ1v) is 14.5. The van der Waals surface area contributed by atoms with Crippen molar-refractivity contribution in [2.24, 2.45) is 11.8 Å². The topological polar surface area (TPSA) is 122 Å². The van der Waals surface area contributed by atoms with Gasteiger partial charge in [0.2, 0.25) is 15.9 Å². The number of fused-ring (bicyclic) bond motifs is 1. The highest BCUT2D eigenvalue weighted by Crippen LogP contribution is 2.35. The average molecular weight is 540 g/mol. The van der Waals surface area contributed by atoms with Crippen molar-refractivity contribution < 1.29 is 22.7 Å². The molecule has 198 valence electrons. The predicted molar refractivity (Wildman–Crippen MR) is 135 cm³/mol. The van der Waals surface area contributed by atoms with Gasteiger partial charge in [-0.25, -0.2) is 18.2 Å². The van der Waals surface area contributed by atoms with E-state index in [1.807, 2.05) is 13.8 Å². The number of thiophene rings is 1. The first-order valence-electron chi connectivity index (χ1n) is 12.2. The molecule has 4 rings (SSSR count). The Morgan fingerprint density at radius 1 is 1.11 bits per heavy atom. The van der Waals surface area contributed by atoms with Gasteiger partial charge in [-0.2, -0.15) is 4.31 Å². The molecular weight excluding hydrogens is 506 g/mol. The molecule has 0 aromatic carbocycles. The second-order valence-electron chi connectivity index (χ2n) is 9.68. The van der Waals surface area contributed by atoms with Gasteiger partial charge < -0.3 is 14.5 Å². The molecule has 2 amide bonds. The number of aryl methyl sites for hydroxylation is 1. The van der Waals surface area contributed by atoms with Gasteiger partial charge >= 0.3 is 6.09 Å². The summed E-state index contributed by atoms with van der Waals surface area (Å²) in [6.45, 7) is 9.67. The molecule has 2 aliphatic rings. The maximum absolute atomic E-state index is 13.7. The summed E-state index contributed by atoms with van der Waals surface area (Å²) in [7, 11) is -3.90. The minimum Gasteiger partial charge on any atom is -0.450 e. The summed E-state index contributed by atoms with van der Waals surface area (Å²) in [5.74, 6) is 0.160. The number of sulfonamides is 1. The fourth-order valence-electron chi connectivity index (χ4n) is 5.07. The standard InChI is InChI=1S/C23H33N5O6S2/c1-5-34-23(31)26-8-6-25(7-9-26)18(29)13-27-14-24-21-19(22(27)30)20(17(4)35-21)36(32,33)28-11-15(2)10-16(3)12-28/h14-16H,5-13H2,1-4H3/t15-,16+. The molecule has 2 aromatic heterocycles. The van der Waals surface area contributed by atoms with Crippen molar-refractivity contribution in [1.29, 1.82) is 0 Å². The summed E-state index contributed by atoms with van der Waals surface area (Å²) in [4.78, 5) is 46.6. The number of amides is 2. The van der Waals surface area contributed by atoms with E-state index in [9.17, 15) is 22.8 Å². The number of piperazine rings is 1. The highest BCUT2D eigenvalue weighted by molar-refractivity contribution is 7.89. The van der Waals surface area contributed by atoms with Crippen LogP contribution in [-0.4, -0.2) is 89.9 Å². The zero-order chi connectivity index (χ0) is 26.2. The number of piperidine rings is 1. The predicted octanol–water partition coefficient (Wildman–Crippen LogP) is 1.73. The maximum Gasteiger partial charge on any atom is 0.409 e. The molecule has 11 nitrogen and oxygen atoms in total. The van der Waals surface area contributed by atoms with Crippen LogP contribution >= 0.6 is 11.3 Å². The first kappa shape index (κ1) is 26.6. The van der Waals surface area contributed by atoms with Gasteiger partial charge in [0.15, 0.2) is 0 Å². The van der Waals surface area contributed by atoms with Gasteiger partial charge in [0.25, 0.3) is 5.56 Å². The van der Waals surface area contributed by atoms with Gasteiger partial charge in [-0.3, -0.25) is 14.2 Å². The molecule has 2 saturated heterocycles. The smallest absolute Gasteiger partial charge is 0.409 e. The quantitative estimate of drug-likeness (QED) is 0.567. The summed E-state index contributed by atoms with van der Waals surface area (Å²) in [6.07, 6.45) is 1.85. The van der Waals surface area contributed by atoms with Crippen molar-refractivity contribution in [2.75, 3.05) is 45.9 Å². The molecule has 4 heterocycles. The number of ether oxygens (including phenoxy) is 1. The average Bonchev–Trinajstić information content (AvgIpc) is 3.18. The lowest BCUT2D eigenvalue weighted by Gasteiger charge is -2.34. The van der Waals surface area contributed by atoms with E-state index >= 15 is 0 Å². The molecule has 0 bridgehead atoms. The van der Waals surface area contributed by atoms with Crippen LogP contribution in [0.15, 0.2) is 16.0 Å². The number of aromatic nitrogens is 2. The van der Waals surface area contributed by atoms with Gasteiger partial charge in [-0.15, -0.1) is 11.3 Å². The van der Waals surface area contributed by atoms with Gasteiger partial charge in [0, 0.05) is 44.1 Å². The van der Waals surface area contributed by atoms with Crippen LogP contribution in [0.3, 0.4) is 0 Å². The van der Waals surface area contributed by atoms with Gasteiger partial charge in [-0.1, -0.05) is 13.8 Å². The minimum atomic E-state index is -3.90. The van der Waals surface area contributed by atoms with Crippen molar-refractivity contribution >= 4 is 43.6 Å². The number of hydrogen-bond acceptors (Lipinski definition) is 8. The van der Waals surface area contributed by atoms with E-state index in [4.69, 9.17) is 4.74 Å². The summed E-state index contributed by atoms with van der Waals surface area (Å²) in [6, 6.07) is 0.